The molecule has 0 saturated carbocycles. The Morgan fingerprint density at radius 1 is 0.857 bits per heavy atom. The predicted molar refractivity (Wildman–Crippen MR) is 36.0 cm³/mol. The molecular weight excluding hydrogens is 88.1 g/mol. The first kappa shape index (κ1) is 15.8. The molecule has 0 atom stereocenters. The number of hydrogen-bond acceptors (Lipinski definition) is 2. The van der Waals surface area contributed by atoms with Crippen LogP contribution in [0.3, 0.4) is 0 Å². The van der Waals surface area contributed by atoms with Crippen LogP contribution in [0.2, 0.25) is 0 Å². The van der Waals surface area contributed by atoms with E-state index in [1.54, 1.807) is 0 Å². The van der Waals surface area contributed by atoms with Crippen molar-refractivity contribution in [1.29, 1.82) is 0 Å². The zero-order valence-corrected chi connectivity index (χ0v) is 6.15. The molecule has 0 spiro atoms. The van der Waals surface area contributed by atoms with Gasteiger partial charge in [-0.25, -0.2) is 0 Å². The average molecular weight is 106 g/mol. The van der Waals surface area contributed by atoms with Gasteiger partial charge in [-0.3, -0.25) is 0 Å². The molecule has 0 bridgehead atoms. The minimum atomic E-state index is 0. The highest BCUT2D eigenvalue weighted by Crippen LogP contribution is 1.47. The molecule has 0 aromatic carbocycles. The summed E-state index contributed by atoms with van der Waals surface area (Å²) in [5.41, 5.74) is 0. The normalized spacial score (nSPS) is 6.00. The van der Waals surface area contributed by atoms with Crippen LogP contribution in [0.5, 0.6) is 0 Å². The maximum atomic E-state index is 2.00. The molecule has 0 amide bonds. The lowest BCUT2D eigenvalue weighted by atomic mass is 11.0. The van der Waals surface area contributed by atoms with Gasteiger partial charge >= 0.3 is 0 Å². The summed E-state index contributed by atoms with van der Waals surface area (Å²) < 4.78 is 0. The molecule has 0 rings (SSSR count). The van der Waals surface area contributed by atoms with Crippen molar-refractivity contribution in [2.75, 3.05) is 21.1 Å². The molecule has 0 fully saturated rings. The highest BCUT2D eigenvalue weighted by molar-refractivity contribution is 4.09. The van der Waals surface area contributed by atoms with Gasteiger partial charge in [-0.05, 0) is 21.1 Å². The van der Waals surface area contributed by atoms with Gasteiger partial charge in [0.15, 0.2) is 0 Å². The lowest BCUT2D eigenvalue weighted by molar-refractivity contribution is 0.505. The van der Waals surface area contributed by atoms with Crippen LogP contribution in [0.15, 0.2) is 0 Å². The second kappa shape index (κ2) is 16.8. The van der Waals surface area contributed by atoms with Crippen LogP contribution < -0.4 is 6.15 Å². The van der Waals surface area contributed by atoms with Crippen molar-refractivity contribution in [3.8, 4) is 0 Å². The van der Waals surface area contributed by atoms with E-state index in [0.717, 1.165) is 0 Å². The van der Waals surface area contributed by atoms with E-state index in [1.807, 2.05) is 39.9 Å². The van der Waals surface area contributed by atoms with Gasteiger partial charge in [0.05, 0.1) is 0 Å². The van der Waals surface area contributed by atoms with E-state index in [2.05, 4.69) is 0 Å². The molecule has 0 radical (unpaired) electrons. The minimum Gasteiger partial charge on any atom is -0.344 e. The monoisotopic (exact) mass is 106 g/mol. The Bertz CT molecular complexity index is 10.8. The number of rotatable bonds is 0. The SMILES string of the molecule is CC.CN(C)C.N. The highest BCUT2D eigenvalue weighted by atomic mass is 15.0. The predicted octanol–water partition coefficient (Wildman–Crippen LogP) is 1.37. The molecule has 0 saturated heterocycles. The molecule has 3 N–H and O–H groups in total. The molecule has 48 valence electrons. The third kappa shape index (κ3) is 14200. The topological polar surface area (TPSA) is 38.2 Å². The fourth-order valence-corrected chi connectivity index (χ4v) is 0. The van der Waals surface area contributed by atoms with E-state index in [1.165, 1.54) is 0 Å². The summed E-state index contributed by atoms with van der Waals surface area (Å²) in [5, 5.41) is 0. The third-order valence-electron chi connectivity index (χ3n) is 0. The molecule has 0 aromatic heterocycles. The van der Waals surface area contributed by atoms with E-state index in [-0.39, 0.29) is 6.15 Å². The van der Waals surface area contributed by atoms with Crippen LogP contribution in [0, 0.1) is 0 Å². The zero-order chi connectivity index (χ0) is 5.58. The van der Waals surface area contributed by atoms with E-state index < -0.39 is 0 Å². The summed E-state index contributed by atoms with van der Waals surface area (Å²) in [7, 11) is 6.00. The fraction of sp³-hybridized carbons (Fsp3) is 1.00. The van der Waals surface area contributed by atoms with Crippen molar-refractivity contribution in [2.45, 2.75) is 13.8 Å². The van der Waals surface area contributed by atoms with Crippen molar-refractivity contribution >= 4 is 0 Å². The van der Waals surface area contributed by atoms with Crippen molar-refractivity contribution < 1.29 is 0 Å². The van der Waals surface area contributed by atoms with Gasteiger partial charge in [-0.15, -0.1) is 0 Å². The van der Waals surface area contributed by atoms with Gasteiger partial charge in [0.1, 0.15) is 0 Å². The quantitative estimate of drug-likeness (QED) is 0.506. The molecule has 0 heterocycles. The smallest absolute Gasteiger partial charge is 0.0140 e. The van der Waals surface area contributed by atoms with Gasteiger partial charge in [-0.2, -0.15) is 0 Å². The molecule has 2 nitrogen and oxygen atoms in total. The first-order chi connectivity index (χ1) is 2.73. The Labute approximate surface area is 47.1 Å². The summed E-state index contributed by atoms with van der Waals surface area (Å²) in [6, 6.07) is 0. The van der Waals surface area contributed by atoms with Crippen LogP contribution in [0.1, 0.15) is 13.8 Å². The summed E-state index contributed by atoms with van der Waals surface area (Å²) in [5.74, 6) is 0. The van der Waals surface area contributed by atoms with E-state index in [4.69, 9.17) is 0 Å². The highest BCUT2D eigenvalue weighted by Gasteiger charge is 1.58. The van der Waals surface area contributed by atoms with Gasteiger partial charge < -0.3 is 11.1 Å². The van der Waals surface area contributed by atoms with Gasteiger partial charge in [0, 0.05) is 0 Å². The molecule has 7 heavy (non-hydrogen) atoms. The summed E-state index contributed by atoms with van der Waals surface area (Å²) >= 11 is 0. The maximum Gasteiger partial charge on any atom is -0.0140 e. The number of nitrogens with zero attached hydrogens (tertiary/aromatic N) is 1. The second-order valence-electron chi connectivity index (χ2n) is 1.34. The summed E-state index contributed by atoms with van der Waals surface area (Å²) in [6.07, 6.45) is 0. The largest absolute Gasteiger partial charge is 0.344 e. The third-order valence-corrected chi connectivity index (χ3v) is 0. The molecular formula is C5H18N2. The number of hydrogen-bond donors (Lipinski definition) is 1. The standard InChI is InChI=1S/C3H9N.C2H6.H3N/c1-4(2)3;1-2;/h1-3H3;1-2H3;1H3. The van der Waals surface area contributed by atoms with Crippen LogP contribution >= 0.6 is 0 Å². The Balaban J connectivity index is -0.0000000480. The van der Waals surface area contributed by atoms with Gasteiger partial charge in [-0.1, -0.05) is 13.8 Å². The van der Waals surface area contributed by atoms with E-state index in [9.17, 15) is 0 Å². The van der Waals surface area contributed by atoms with Crippen LogP contribution in [0.4, 0.5) is 0 Å². The molecule has 0 aliphatic rings. The lowest BCUT2D eigenvalue weighted by Crippen LogP contribution is -1.99. The maximum absolute atomic E-state index is 2.00. The molecule has 0 aliphatic heterocycles. The van der Waals surface area contributed by atoms with E-state index >= 15 is 0 Å². The minimum absolute atomic E-state index is 0. The van der Waals surface area contributed by atoms with Crippen molar-refractivity contribution in [2.24, 2.45) is 0 Å². The van der Waals surface area contributed by atoms with Gasteiger partial charge in [0.25, 0.3) is 0 Å². The Morgan fingerprint density at radius 2 is 0.857 bits per heavy atom. The van der Waals surface area contributed by atoms with E-state index in [0.29, 0.717) is 0 Å². The molecule has 0 unspecified atom stereocenters. The Kier molecular flexibility index (Phi) is 37.9. The van der Waals surface area contributed by atoms with Gasteiger partial charge in [0.2, 0.25) is 0 Å². The second-order valence-corrected chi connectivity index (χ2v) is 1.34. The summed E-state index contributed by atoms with van der Waals surface area (Å²) in [6.45, 7) is 4.00. The van der Waals surface area contributed by atoms with Crippen molar-refractivity contribution in [3.05, 3.63) is 0 Å². The average Bonchev–Trinajstić information content (AvgIpc) is 1.41. The first-order valence-electron chi connectivity index (χ1n) is 2.34. The first-order valence-corrected chi connectivity index (χ1v) is 2.34. The van der Waals surface area contributed by atoms with Crippen LogP contribution in [-0.4, -0.2) is 26.0 Å². The summed E-state index contributed by atoms with van der Waals surface area (Å²) in [4.78, 5) is 2.00. The Morgan fingerprint density at radius 3 is 0.857 bits per heavy atom. The molecule has 2 heteroatoms. The Hall–Kier alpha value is -0.0800. The van der Waals surface area contributed by atoms with Crippen molar-refractivity contribution in [3.63, 3.8) is 0 Å². The fourth-order valence-electron chi connectivity index (χ4n) is 0. The van der Waals surface area contributed by atoms with Crippen LogP contribution in [-0.2, 0) is 0 Å². The van der Waals surface area contributed by atoms with Crippen LogP contribution in [0.25, 0.3) is 0 Å². The molecule has 0 aromatic rings. The van der Waals surface area contributed by atoms with Crippen molar-refractivity contribution in [1.82, 2.24) is 11.1 Å². The lowest BCUT2D eigenvalue weighted by Gasteiger charge is -1.90. The molecule has 0 aliphatic carbocycles. The zero-order valence-electron chi connectivity index (χ0n) is 6.15.